The molecule has 206 valence electrons. The normalized spacial score (nSPS) is 15.2. The highest BCUT2D eigenvalue weighted by Crippen LogP contribution is 2.45. The van der Waals surface area contributed by atoms with Crippen molar-refractivity contribution < 1.29 is 33.8 Å². The van der Waals surface area contributed by atoms with E-state index in [0.29, 0.717) is 12.8 Å². The van der Waals surface area contributed by atoms with Crippen molar-refractivity contribution in [2.75, 3.05) is 13.2 Å². The Kier molecular flexibility index (Phi) is 7.82. The summed E-state index contributed by atoms with van der Waals surface area (Å²) in [5.74, 6) is -2.54. The molecule has 0 aliphatic heterocycles. The van der Waals surface area contributed by atoms with Crippen molar-refractivity contribution in [3.05, 3.63) is 95.6 Å². The summed E-state index contributed by atoms with van der Waals surface area (Å²) in [6.45, 7) is -0.0427. The summed E-state index contributed by atoms with van der Waals surface area (Å²) >= 11 is 0. The molecule has 1 saturated carbocycles. The number of carbonyl (C=O) groups is 4. The van der Waals surface area contributed by atoms with Crippen molar-refractivity contribution >= 4 is 23.9 Å². The lowest BCUT2D eigenvalue weighted by atomic mass is 9.98. The minimum atomic E-state index is -1.30. The number of hydrogen-bond donors (Lipinski definition) is 3. The summed E-state index contributed by atoms with van der Waals surface area (Å²) in [4.78, 5) is 50.0. The molecule has 2 aliphatic rings. The minimum Gasteiger partial charge on any atom is -0.481 e. The highest BCUT2D eigenvalue weighted by molar-refractivity contribution is 5.90. The number of aliphatic carboxylic acids is 1. The zero-order valence-electron chi connectivity index (χ0n) is 21.8. The molecule has 0 radical (unpaired) electrons. The van der Waals surface area contributed by atoms with Crippen molar-refractivity contribution in [3.8, 4) is 11.1 Å². The molecule has 40 heavy (non-hydrogen) atoms. The first-order chi connectivity index (χ1) is 19.4. The van der Waals surface area contributed by atoms with E-state index in [1.165, 1.54) is 0 Å². The van der Waals surface area contributed by atoms with Gasteiger partial charge in [-0.25, -0.2) is 4.79 Å². The van der Waals surface area contributed by atoms with E-state index in [2.05, 4.69) is 10.6 Å². The molecule has 5 rings (SSSR count). The van der Waals surface area contributed by atoms with E-state index in [9.17, 15) is 24.3 Å². The lowest BCUT2D eigenvalue weighted by Gasteiger charge is -2.20. The number of ether oxygens (including phenoxy) is 2. The molecule has 9 heteroatoms. The Morgan fingerprint density at radius 2 is 1.45 bits per heavy atom. The van der Waals surface area contributed by atoms with E-state index in [0.717, 1.165) is 27.8 Å². The Morgan fingerprint density at radius 1 is 0.850 bits per heavy atom. The number of nitrogens with one attached hydrogen (secondary N) is 2. The minimum absolute atomic E-state index is 0.0150. The summed E-state index contributed by atoms with van der Waals surface area (Å²) in [6, 6.07) is 23.6. The highest BCUT2D eigenvalue weighted by Gasteiger charge is 2.50. The lowest BCUT2D eigenvalue weighted by molar-refractivity contribution is -0.147. The molecular formula is C31H30N2O7. The van der Waals surface area contributed by atoms with Crippen LogP contribution in [0.5, 0.6) is 0 Å². The lowest BCUT2D eigenvalue weighted by Crippen LogP contribution is -2.50. The van der Waals surface area contributed by atoms with Gasteiger partial charge in [0.15, 0.2) is 0 Å². The van der Waals surface area contributed by atoms with E-state index in [4.69, 9.17) is 9.47 Å². The van der Waals surface area contributed by atoms with Gasteiger partial charge in [0.25, 0.3) is 0 Å². The van der Waals surface area contributed by atoms with Crippen LogP contribution in [0, 0.1) is 5.41 Å². The number of carbonyl (C=O) groups excluding carboxylic acids is 3. The summed E-state index contributed by atoms with van der Waals surface area (Å²) in [5.41, 5.74) is 4.02. The molecular weight excluding hydrogens is 512 g/mol. The number of alkyl carbamates (subject to hydrolysis) is 1. The van der Waals surface area contributed by atoms with Crippen LogP contribution in [0.3, 0.4) is 0 Å². The number of benzene rings is 3. The number of carboxylic acids is 1. The molecule has 3 aromatic rings. The van der Waals surface area contributed by atoms with Crippen LogP contribution in [0.25, 0.3) is 11.1 Å². The Morgan fingerprint density at radius 3 is 2.05 bits per heavy atom. The van der Waals surface area contributed by atoms with E-state index in [1.807, 2.05) is 66.7 Å². The highest BCUT2D eigenvalue weighted by atomic mass is 16.5. The van der Waals surface area contributed by atoms with E-state index < -0.39 is 41.8 Å². The second-order valence-electron chi connectivity index (χ2n) is 10.2. The van der Waals surface area contributed by atoms with Gasteiger partial charge in [-0.2, -0.15) is 0 Å². The first-order valence-electron chi connectivity index (χ1n) is 13.2. The van der Waals surface area contributed by atoms with Crippen molar-refractivity contribution in [2.45, 2.75) is 37.8 Å². The van der Waals surface area contributed by atoms with Crippen molar-refractivity contribution in [1.82, 2.24) is 10.6 Å². The summed E-state index contributed by atoms with van der Waals surface area (Å²) in [5, 5.41) is 14.5. The van der Waals surface area contributed by atoms with Crippen LogP contribution in [0.4, 0.5) is 4.79 Å². The Bertz CT molecular complexity index is 1370. The summed E-state index contributed by atoms with van der Waals surface area (Å²) in [6.07, 6.45) is -0.404. The number of amides is 2. The molecule has 0 bridgehead atoms. The van der Waals surface area contributed by atoms with Gasteiger partial charge in [0.2, 0.25) is 5.91 Å². The van der Waals surface area contributed by atoms with Crippen LogP contribution in [-0.4, -0.2) is 48.2 Å². The Balaban J connectivity index is 1.22. The Hall–Kier alpha value is -4.66. The molecule has 2 amide bonds. The van der Waals surface area contributed by atoms with Crippen LogP contribution in [-0.2, 0) is 30.5 Å². The van der Waals surface area contributed by atoms with Crippen molar-refractivity contribution in [1.29, 1.82) is 0 Å². The van der Waals surface area contributed by atoms with Crippen LogP contribution in [0.1, 0.15) is 41.9 Å². The molecule has 0 spiro atoms. The van der Waals surface area contributed by atoms with Crippen LogP contribution >= 0.6 is 0 Å². The maximum absolute atomic E-state index is 13.0. The van der Waals surface area contributed by atoms with Gasteiger partial charge in [-0.05, 0) is 40.7 Å². The smallest absolute Gasteiger partial charge is 0.407 e. The van der Waals surface area contributed by atoms with Gasteiger partial charge in [0.1, 0.15) is 19.3 Å². The number of hydrogen-bond acceptors (Lipinski definition) is 6. The fraction of sp³-hybridized carbons (Fsp3) is 0.290. The number of rotatable bonds is 11. The average Bonchev–Trinajstić information content (AvgIpc) is 3.71. The molecule has 0 unspecified atom stereocenters. The van der Waals surface area contributed by atoms with E-state index in [1.54, 1.807) is 12.1 Å². The van der Waals surface area contributed by atoms with Crippen molar-refractivity contribution in [2.24, 2.45) is 5.41 Å². The predicted molar refractivity (Wildman–Crippen MR) is 145 cm³/mol. The molecule has 3 aromatic carbocycles. The molecule has 1 atom stereocenters. The SMILES string of the molecule is O=C(C[C@H](NC(=O)OCC1c2ccccc2-c2ccccc21)C(=O)NCC1(C(=O)O)CC1)OCc1ccccc1. The quantitative estimate of drug-likeness (QED) is 0.312. The van der Waals surface area contributed by atoms with Crippen molar-refractivity contribution in [3.63, 3.8) is 0 Å². The summed E-state index contributed by atoms with van der Waals surface area (Å²) < 4.78 is 10.9. The van der Waals surface area contributed by atoms with Gasteiger partial charge >= 0.3 is 18.0 Å². The molecule has 3 N–H and O–H groups in total. The van der Waals surface area contributed by atoms with Gasteiger partial charge in [0.05, 0.1) is 11.8 Å². The summed E-state index contributed by atoms with van der Waals surface area (Å²) in [7, 11) is 0. The van der Waals surface area contributed by atoms with Gasteiger partial charge in [-0.15, -0.1) is 0 Å². The van der Waals surface area contributed by atoms with Crippen LogP contribution in [0.2, 0.25) is 0 Å². The topological polar surface area (TPSA) is 131 Å². The van der Waals surface area contributed by atoms with E-state index in [-0.39, 0.29) is 25.7 Å². The molecule has 0 heterocycles. The molecule has 1 fully saturated rings. The predicted octanol–water partition coefficient (Wildman–Crippen LogP) is 4.01. The van der Waals surface area contributed by atoms with Gasteiger partial charge in [-0.3, -0.25) is 14.4 Å². The van der Waals surface area contributed by atoms with Gasteiger partial charge in [-0.1, -0.05) is 78.9 Å². The maximum Gasteiger partial charge on any atom is 0.407 e. The number of carboxylic acid groups (broad SMARTS) is 1. The number of esters is 1. The Labute approximate surface area is 231 Å². The fourth-order valence-corrected chi connectivity index (χ4v) is 4.95. The van der Waals surface area contributed by atoms with Crippen LogP contribution < -0.4 is 10.6 Å². The maximum atomic E-state index is 13.0. The first kappa shape index (κ1) is 26.9. The zero-order chi connectivity index (χ0) is 28.1. The monoisotopic (exact) mass is 542 g/mol. The third-order valence-electron chi connectivity index (χ3n) is 7.47. The van der Waals surface area contributed by atoms with Crippen LogP contribution in [0.15, 0.2) is 78.9 Å². The van der Waals surface area contributed by atoms with Gasteiger partial charge < -0.3 is 25.2 Å². The van der Waals surface area contributed by atoms with Gasteiger partial charge in [0, 0.05) is 12.5 Å². The number of fused-ring (bicyclic) bond motifs is 3. The average molecular weight is 543 g/mol. The molecule has 0 aromatic heterocycles. The third kappa shape index (κ3) is 5.98. The zero-order valence-corrected chi connectivity index (χ0v) is 21.8. The first-order valence-corrected chi connectivity index (χ1v) is 13.2. The molecule has 2 aliphatic carbocycles. The molecule has 0 saturated heterocycles. The third-order valence-corrected chi connectivity index (χ3v) is 7.47. The second kappa shape index (κ2) is 11.6. The molecule has 9 nitrogen and oxygen atoms in total. The standard InChI is InChI=1S/C31H30N2O7/c34-27(39-17-20-8-2-1-3-9-20)16-26(28(35)32-19-31(14-15-31)29(36)37)33-30(38)40-18-25-23-12-6-4-10-21(23)22-11-5-7-13-24(22)25/h1-13,25-26H,14-19H2,(H,32,35)(H,33,38)(H,36,37)/t26-/m0/s1. The second-order valence-corrected chi connectivity index (χ2v) is 10.2. The largest absolute Gasteiger partial charge is 0.481 e. The van der Waals surface area contributed by atoms with E-state index >= 15 is 0 Å². The fourth-order valence-electron chi connectivity index (χ4n) is 4.95.